The minimum Gasteiger partial charge on any atom is -0.491 e. The Morgan fingerprint density at radius 3 is 2.36 bits per heavy atom. The number of amides is 2. The summed E-state index contributed by atoms with van der Waals surface area (Å²) in [5.41, 5.74) is 0.697. The summed E-state index contributed by atoms with van der Waals surface area (Å²) in [7, 11) is 0. The quantitative estimate of drug-likeness (QED) is 0.757. The molecule has 152 valence electrons. The number of hydrogen-bond acceptors (Lipinski definition) is 5. The number of benzene rings is 1. The molecule has 3 aliphatic rings. The number of fused-ring (bicyclic) bond motifs is 1. The predicted molar refractivity (Wildman–Crippen MR) is 108 cm³/mol. The van der Waals surface area contributed by atoms with Crippen LogP contribution < -0.4 is 9.64 Å². The van der Waals surface area contributed by atoms with Crippen LogP contribution in [0.2, 0.25) is 0 Å². The lowest BCUT2D eigenvalue weighted by Crippen LogP contribution is -2.52. The third kappa shape index (κ3) is 4.47. The van der Waals surface area contributed by atoms with Gasteiger partial charge in [-0.3, -0.25) is 19.4 Å². The number of para-hydroxylation sites is 2. The molecule has 3 heterocycles. The van der Waals surface area contributed by atoms with Gasteiger partial charge in [0.05, 0.1) is 18.7 Å². The maximum Gasteiger partial charge on any atom is 0.242 e. The normalized spacial score (nSPS) is 21.4. The number of hydrogen-bond donors (Lipinski definition) is 0. The van der Waals surface area contributed by atoms with Crippen molar-refractivity contribution in [1.82, 2.24) is 14.7 Å². The van der Waals surface area contributed by atoms with Crippen LogP contribution in [0.1, 0.15) is 19.3 Å². The molecule has 0 N–H and O–H groups in total. The molecular weight excluding hydrogens is 356 g/mol. The van der Waals surface area contributed by atoms with Gasteiger partial charge in [-0.2, -0.15) is 0 Å². The monoisotopic (exact) mass is 386 g/mol. The molecule has 28 heavy (non-hydrogen) atoms. The van der Waals surface area contributed by atoms with Crippen molar-refractivity contribution in [3.63, 3.8) is 0 Å². The van der Waals surface area contributed by atoms with E-state index in [0.717, 1.165) is 39.3 Å². The summed E-state index contributed by atoms with van der Waals surface area (Å²) < 4.78 is 5.66. The average molecular weight is 386 g/mol. The molecule has 0 atom stereocenters. The zero-order valence-electron chi connectivity index (χ0n) is 16.5. The van der Waals surface area contributed by atoms with Crippen LogP contribution in [0, 0.1) is 0 Å². The Hall–Kier alpha value is -2.12. The Balaban J connectivity index is 1.30. The number of anilines is 1. The summed E-state index contributed by atoms with van der Waals surface area (Å²) in [5, 5.41) is 0. The van der Waals surface area contributed by atoms with Gasteiger partial charge in [-0.25, -0.2) is 0 Å². The smallest absolute Gasteiger partial charge is 0.242 e. The first-order valence-electron chi connectivity index (χ1n) is 10.5. The number of piperazine rings is 1. The van der Waals surface area contributed by atoms with Crippen LogP contribution in [0.5, 0.6) is 5.75 Å². The fourth-order valence-electron chi connectivity index (χ4n) is 4.24. The average Bonchev–Trinajstić information content (AvgIpc) is 3.19. The molecule has 0 radical (unpaired) electrons. The van der Waals surface area contributed by atoms with E-state index in [0.29, 0.717) is 24.5 Å². The van der Waals surface area contributed by atoms with E-state index in [1.165, 1.54) is 25.9 Å². The molecule has 2 fully saturated rings. The highest BCUT2D eigenvalue weighted by molar-refractivity contribution is 6.00. The van der Waals surface area contributed by atoms with Gasteiger partial charge in [0.1, 0.15) is 12.3 Å². The molecule has 1 aromatic rings. The number of rotatable bonds is 5. The summed E-state index contributed by atoms with van der Waals surface area (Å²) in [4.78, 5) is 33.9. The summed E-state index contributed by atoms with van der Waals surface area (Å²) in [5.74, 6) is 0.639. The predicted octanol–water partition coefficient (Wildman–Crippen LogP) is 1.04. The third-order valence-electron chi connectivity index (χ3n) is 5.98. The summed E-state index contributed by atoms with van der Waals surface area (Å²) in [6.07, 6.45) is 2.95. The van der Waals surface area contributed by atoms with Crippen LogP contribution in [-0.2, 0) is 9.59 Å². The van der Waals surface area contributed by atoms with Gasteiger partial charge < -0.3 is 14.5 Å². The number of ether oxygens (including phenoxy) is 1. The molecule has 1 aromatic carbocycles. The first-order valence-corrected chi connectivity index (χ1v) is 10.5. The zero-order chi connectivity index (χ0) is 19.3. The number of carbonyl (C=O) groups is 2. The van der Waals surface area contributed by atoms with Gasteiger partial charge >= 0.3 is 0 Å². The Morgan fingerprint density at radius 1 is 0.929 bits per heavy atom. The molecule has 0 saturated carbocycles. The Morgan fingerprint density at radius 2 is 1.61 bits per heavy atom. The largest absolute Gasteiger partial charge is 0.491 e. The third-order valence-corrected chi connectivity index (χ3v) is 5.98. The number of carbonyl (C=O) groups excluding carboxylic acids is 2. The fraction of sp³-hybridized carbons (Fsp3) is 0.619. The van der Waals surface area contributed by atoms with E-state index in [-0.39, 0.29) is 18.4 Å². The van der Waals surface area contributed by atoms with Crippen molar-refractivity contribution in [2.75, 3.05) is 70.4 Å². The first-order chi connectivity index (χ1) is 13.7. The van der Waals surface area contributed by atoms with E-state index in [4.69, 9.17) is 4.74 Å². The summed E-state index contributed by atoms with van der Waals surface area (Å²) >= 11 is 0. The molecule has 0 unspecified atom stereocenters. The van der Waals surface area contributed by atoms with Gasteiger partial charge in [0, 0.05) is 39.3 Å². The van der Waals surface area contributed by atoms with E-state index in [1.807, 2.05) is 29.2 Å². The minimum atomic E-state index is -0.0532. The Kier molecular flexibility index (Phi) is 6.12. The molecule has 2 amide bonds. The minimum absolute atomic E-state index is 0.0178. The topological polar surface area (TPSA) is 56.3 Å². The molecule has 0 aliphatic carbocycles. The van der Waals surface area contributed by atoms with E-state index in [1.54, 1.807) is 4.90 Å². The highest BCUT2D eigenvalue weighted by Gasteiger charge is 2.28. The fourth-order valence-corrected chi connectivity index (χ4v) is 4.24. The van der Waals surface area contributed by atoms with Gasteiger partial charge in [0.25, 0.3) is 0 Å². The maximum atomic E-state index is 12.9. The van der Waals surface area contributed by atoms with Crippen molar-refractivity contribution in [2.45, 2.75) is 19.3 Å². The maximum absolute atomic E-state index is 12.9. The van der Waals surface area contributed by atoms with Crippen LogP contribution in [0.3, 0.4) is 0 Å². The molecule has 0 spiro atoms. The second-order valence-corrected chi connectivity index (χ2v) is 7.82. The van der Waals surface area contributed by atoms with E-state index in [2.05, 4.69) is 9.80 Å². The van der Waals surface area contributed by atoms with Crippen molar-refractivity contribution >= 4 is 17.5 Å². The Labute approximate surface area is 166 Å². The van der Waals surface area contributed by atoms with Gasteiger partial charge in [-0.05, 0) is 38.1 Å². The zero-order valence-corrected chi connectivity index (χ0v) is 16.5. The van der Waals surface area contributed by atoms with Crippen LogP contribution in [0.25, 0.3) is 0 Å². The molecular formula is C21H30N4O3. The molecule has 2 saturated heterocycles. The van der Waals surface area contributed by atoms with E-state index < -0.39 is 0 Å². The van der Waals surface area contributed by atoms with Gasteiger partial charge in [0.15, 0.2) is 0 Å². The Bertz CT molecular complexity index is 697. The molecule has 0 bridgehead atoms. The summed E-state index contributed by atoms with van der Waals surface area (Å²) in [6, 6.07) is 7.46. The van der Waals surface area contributed by atoms with Gasteiger partial charge in [0.2, 0.25) is 11.8 Å². The molecule has 3 aliphatic heterocycles. The van der Waals surface area contributed by atoms with Crippen molar-refractivity contribution in [1.29, 1.82) is 0 Å². The first kappa shape index (κ1) is 19.2. The number of nitrogens with zero attached hydrogens (tertiary/aromatic N) is 4. The highest BCUT2D eigenvalue weighted by Crippen LogP contribution is 2.30. The lowest BCUT2D eigenvalue weighted by Gasteiger charge is -2.36. The van der Waals surface area contributed by atoms with Crippen LogP contribution in [-0.4, -0.2) is 92.0 Å². The molecule has 7 nitrogen and oxygen atoms in total. The van der Waals surface area contributed by atoms with Crippen molar-refractivity contribution in [3.05, 3.63) is 24.3 Å². The second-order valence-electron chi connectivity index (χ2n) is 7.82. The van der Waals surface area contributed by atoms with E-state index >= 15 is 0 Å². The van der Waals surface area contributed by atoms with Gasteiger partial charge in [-0.1, -0.05) is 12.1 Å². The SMILES string of the molecule is O=C(CN1C(=O)CCOc2ccccc21)N1CCN(CCN2CCCC2)CC1. The van der Waals surface area contributed by atoms with Crippen LogP contribution in [0.15, 0.2) is 24.3 Å². The van der Waals surface area contributed by atoms with Crippen molar-refractivity contribution in [2.24, 2.45) is 0 Å². The van der Waals surface area contributed by atoms with Gasteiger partial charge in [-0.15, -0.1) is 0 Å². The van der Waals surface area contributed by atoms with Crippen LogP contribution >= 0.6 is 0 Å². The van der Waals surface area contributed by atoms with Crippen molar-refractivity contribution < 1.29 is 14.3 Å². The standard InChI is InChI=1S/C21H30N4O3/c26-20-7-16-28-19-6-2-1-5-18(19)25(20)17-21(27)24-14-12-23(13-15-24)11-10-22-8-3-4-9-22/h1-2,5-6H,3-4,7-17H2. The number of likely N-dealkylation sites (tertiary alicyclic amines) is 1. The molecule has 4 rings (SSSR count). The molecule has 0 aromatic heterocycles. The summed E-state index contributed by atoms with van der Waals surface area (Å²) in [6.45, 7) is 8.41. The molecule has 7 heteroatoms. The lowest BCUT2D eigenvalue weighted by molar-refractivity contribution is -0.133. The van der Waals surface area contributed by atoms with Crippen LogP contribution in [0.4, 0.5) is 5.69 Å². The van der Waals surface area contributed by atoms with Crippen molar-refractivity contribution in [3.8, 4) is 5.75 Å². The second kappa shape index (κ2) is 8.92. The lowest BCUT2D eigenvalue weighted by atomic mass is 10.2. The van der Waals surface area contributed by atoms with E-state index in [9.17, 15) is 9.59 Å². The highest BCUT2D eigenvalue weighted by atomic mass is 16.5.